The zero-order valence-corrected chi connectivity index (χ0v) is 22.5. The van der Waals surface area contributed by atoms with Crippen LogP contribution >= 0.6 is 0 Å². The molecule has 6 nitrogen and oxygen atoms in total. The van der Waals surface area contributed by atoms with E-state index in [0.717, 1.165) is 81.6 Å². The van der Waals surface area contributed by atoms with Gasteiger partial charge in [0.05, 0.1) is 24.6 Å². The summed E-state index contributed by atoms with van der Waals surface area (Å²) in [5.41, 5.74) is 8.30. The highest BCUT2D eigenvalue weighted by molar-refractivity contribution is 6.10. The van der Waals surface area contributed by atoms with Crippen LogP contribution in [0.2, 0.25) is 0 Å². The molecule has 1 aliphatic carbocycles. The molecule has 0 saturated carbocycles. The van der Waals surface area contributed by atoms with Crippen LogP contribution in [0.1, 0.15) is 41.4 Å². The van der Waals surface area contributed by atoms with Crippen molar-refractivity contribution in [1.82, 2.24) is 4.57 Å². The van der Waals surface area contributed by atoms with Gasteiger partial charge in [0, 0.05) is 59.4 Å². The molecular formula is C32H34N3O3+. The lowest BCUT2D eigenvalue weighted by Crippen LogP contribution is -2.64. The Balaban J connectivity index is 1.38. The molecule has 1 N–H and O–H groups in total. The molecule has 2 bridgehead atoms. The van der Waals surface area contributed by atoms with Crippen LogP contribution < -0.4 is 10.1 Å². The number of carbonyl (C=O) groups excluding carboxylic acids is 2. The third-order valence-corrected chi connectivity index (χ3v) is 10.3. The Hall–Kier alpha value is -3.64. The van der Waals surface area contributed by atoms with Gasteiger partial charge in [-0.15, -0.1) is 0 Å². The first-order valence-electron chi connectivity index (χ1n) is 13.6. The van der Waals surface area contributed by atoms with Gasteiger partial charge in [0.1, 0.15) is 31.2 Å². The molecule has 3 aliphatic heterocycles. The van der Waals surface area contributed by atoms with Crippen molar-refractivity contribution in [1.29, 1.82) is 0 Å². The summed E-state index contributed by atoms with van der Waals surface area (Å²) in [4.78, 5) is 26.9. The second-order valence-electron chi connectivity index (χ2n) is 11.6. The number of Topliss-reactive ketones (excluding diaryl/α,β-unsaturated/α-hetero) is 1. The van der Waals surface area contributed by atoms with Crippen molar-refractivity contribution in [2.24, 2.45) is 13.0 Å². The monoisotopic (exact) mass is 508 g/mol. The fourth-order valence-corrected chi connectivity index (χ4v) is 8.52. The van der Waals surface area contributed by atoms with Crippen molar-refractivity contribution in [3.05, 3.63) is 82.2 Å². The van der Waals surface area contributed by atoms with E-state index in [0.29, 0.717) is 6.54 Å². The van der Waals surface area contributed by atoms with Crippen molar-refractivity contribution in [2.45, 2.75) is 38.1 Å². The number of methoxy groups -OCH3 is 1. The average Bonchev–Trinajstić information content (AvgIpc) is 3.54. The van der Waals surface area contributed by atoms with E-state index in [2.05, 4.69) is 47.1 Å². The maximum atomic E-state index is 14.4. The predicted molar refractivity (Wildman–Crippen MR) is 149 cm³/mol. The highest BCUT2D eigenvalue weighted by Crippen LogP contribution is 2.63. The van der Waals surface area contributed by atoms with Crippen LogP contribution in [0.4, 0.5) is 5.69 Å². The van der Waals surface area contributed by atoms with Crippen LogP contribution in [0.5, 0.6) is 5.75 Å². The lowest BCUT2D eigenvalue weighted by Gasteiger charge is -2.53. The van der Waals surface area contributed by atoms with Crippen molar-refractivity contribution in [3.8, 4) is 5.75 Å². The minimum Gasteiger partial charge on any atom is -0.497 e. The number of ether oxygens (including phenoxy) is 1. The molecule has 1 spiro atoms. The summed E-state index contributed by atoms with van der Waals surface area (Å²) in [5.74, 6) is 1.08. The summed E-state index contributed by atoms with van der Waals surface area (Å²) in [6.07, 6.45) is 5.13. The van der Waals surface area contributed by atoms with E-state index in [9.17, 15) is 9.59 Å². The third kappa shape index (κ3) is 2.76. The van der Waals surface area contributed by atoms with Gasteiger partial charge in [0.15, 0.2) is 0 Å². The van der Waals surface area contributed by atoms with E-state index >= 15 is 0 Å². The molecule has 0 amide bonds. The van der Waals surface area contributed by atoms with Crippen LogP contribution in [0.3, 0.4) is 0 Å². The SMILES string of the molecule is C/C=C1/C[N+]2(CC(=O)c3c(C)n(C)c4ccc(OC)cc34)CC[C@]34C(=C(C=O)[C@H]1CC32)Nc1ccccc14. The Labute approximate surface area is 223 Å². The second kappa shape index (κ2) is 7.93. The minimum atomic E-state index is -0.236. The number of rotatable bonds is 5. The van der Waals surface area contributed by atoms with Crippen LogP contribution in [0.15, 0.2) is 65.4 Å². The van der Waals surface area contributed by atoms with Gasteiger partial charge >= 0.3 is 0 Å². The van der Waals surface area contributed by atoms with Gasteiger partial charge in [-0.25, -0.2) is 0 Å². The molecule has 38 heavy (non-hydrogen) atoms. The number of allylic oxidation sites excluding steroid dienone is 2. The molecule has 6 heteroatoms. The number of ketones is 1. The number of hydrogen-bond acceptors (Lipinski definition) is 4. The number of nitrogens with zero attached hydrogens (tertiary/aromatic N) is 2. The molecule has 2 fully saturated rings. The van der Waals surface area contributed by atoms with Crippen molar-refractivity contribution in [3.63, 3.8) is 0 Å². The fourth-order valence-electron chi connectivity index (χ4n) is 8.52. The Kier molecular flexibility index (Phi) is 4.90. The summed E-state index contributed by atoms with van der Waals surface area (Å²) >= 11 is 0. The molecule has 7 rings (SSSR count). The van der Waals surface area contributed by atoms with E-state index < -0.39 is 0 Å². The molecule has 2 saturated heterocycles. The number of anilines is 1. The molecule has 4 heterocycles. The van der Waals surface area contributed by atoms with Gasteiger partial charge in [0.25, 0.3) is 0 Å². The van der Waals surface area contributed by atoms with Crippen molar-refractivity contribution < 1.29 is 18.8 Å². The molecule has 1 aromatic heterocycles. The average molecular weight is 509 g/mol. The van der Waals surface area contributed by atoms with Gasteiger partial charge in [-0.2, -0.15) is 0 Å². The number of aryl methyl sites for hydroxylation is 1. The van der Waals surface area contributed by atoms with Crippen molar-refractivity contribution in [2.75, 3.05) is 32.1 Å². The summed E-state index contributed by atoms with van der Waals surface area (Å²) < 4.78 is 8.38. The highest BCUT2D eigenvalue weighted by atomic mass is 16.5. The van der Waals surface area contributed by atoms with E-state index in [1.54, 1.807) is 7.11 Å². The summed E-state index contributed by atoms with van der Waals surface area (Å²) in [5, 5.41) is 4.65. The van der Waals surface area contributed by atoms with E-state index in [-0.39, 0.29) is 23.2 Å². The first-order chi connectivity index (χ1) is 18.4. The molecule has 2 aromatic carbocycles. The summed E-state index contributed by atoms with van der Waals surface area (Å²) in [7, 11) is 3.70. The number of carbonyl (C=O) groups is 2. The van der Waals surface area contributed by atoms with Gasteiger partial charge < -0.3 is 19.1 Å². The number of para-hydroxylation sites is 1. The molecule has 4 aliphatic rings. The number of nitrogens with one attached hydrogen (secondary N) is 1. The van der Waals surface area contributed by atoms with Crippen LogP contribution in [-0.2, 0) is 17.3 Å². The molecule has 3 aromatic rings. The van der Waals surface area contributed by atoms with E-state index in [4.69, 9.17) is 4.74 Å². The van der Waals surface area contributed by atoms with Gasteiger partial charge in [-0.05, 0) is 49.2 Å². The number of benzene rings is 2. The predicted octanol–water partition coefficient (Wildman–Crippen LogP) is 5.06. The number of hydrogen-bond donors (Lipinski definition) is 1. The van der Waals surface area contributed by atoms with Crippen LogP contribution in [0, 0.1) is 12.8 Å². The standard InChI is InChI=1S/C32H33N3O3/c1-5-20-16-35(17-28(37)30-19(2)34(3)27-11-10-21(38-4)14-23(27)30)13-12-32-25-8-6-7-9-26(25)33-31(32)24(18-36)22(20)15-29(32)35/h5-11,14,18,22,29H,12-13,15-17H2,1-4H3/p+1/b20-5-/t22-,29?,32+,35?/m0/s1. The zero-order chi connectivity index (χ0) is 26.4. The normalized spacial score (nSPS) is 29.8. The smallest absolute Gasteiger partial charge is 0.219 e. The quantitative estimate of drug-likeness (QED) is 0.226. The van der Waals surface area contributed by atoms with Crippen molar-refractivity contribution >= 4 is 28.7 Å². The lowest BCUT2D eigenvalue weighted by molar-refractivity contribution is -0.934. The number of fused-ring (bicyclic) bond motifs is 3. The maximum Gasteiger partial charge on any atom is 0.219 e. The van der Waals surface area contributed by atoms with E-state index in [1.165, 1.54) is 11.1 Å². The number of aldehydes is 1. The van der Waals surface area contributed by atoms with Crippen LogP contribution in [-0.4, -0.2) is 53.9 Å². The first-order valence-corrected chi connectivity index (χ1v) is 13.6. The summed E-state index contributed by atoms with van der Waals surface area (Å²) in [6.45, 7) is 6.32. The minimum absolute atomic E-state index is 0.121. The Bertz CT molecular complexity index is 1610. The molecule has 194 valence electrons. The van der Waals surface area contributed by atoms with Gasteiger partial charge in [-0.1, -0.05) is 24.3 Å². The van der Waals surface area contributed by atoms with E-state index in [1.807, 2.05) is 32.2 Å². The number of aromatic nitrogens is 1. The molecule has 0 radical (unpaired) electrons. The Morgan fingerprint density at radius 1 is 1.26 bits per heavy atom. The lowest BCUT2D eigenvalue weighted by atomic mass is 9.61. The van der Waals surface area contributed by atoms with Gasteiger partial charge in [-0.3, -0.25) is 9.59 Å². The molecule has 4 atom stereocenters. The molecule has 2 unspecified atom stereocenters. The fraction of sp³-hybridized carbons (Fsp3) is 0.375. The largest absolute Gasteiger partial charge is 0.497 e. The van der Waals surface area contributed by atoms with Crippen LogP contribution in [0.25, 0.3) is 10.9 Å². The zero-order valence-electron chi connectivity index (χ0n) is 22.5. The van der Waals surface area contributed by atoms with Gasteiger partial charge in [0.2, 0.25) is 5.78 Å². The number of quaternary nitrogens is 1. The topological polar surface area (TPSA) is 60.3 Å². The maximum absolute atomic E-state index is 14.4. The Morgan fingerprint density at radius 2 is 2.08 bits per heavy atom. The highest BCUT2D eigenvalue weighted by Gasteiger charge is 2.68. The number of piperidine rings is 1. The second-order valence-corrected chi connectivity index (χ2v) is 11.6. The molecular weight excluding hydrogens is 474 g/mol. The summed E-state index contributed by atoms with van der Waals surface area (Å²) in [6, 6.07) is 14.8. The third-order valence-electron chi connectivity index (χ3n) is 10.3. The first kappa shape index (κ1) is 23.5. The Morgan fingerprint density at radius 3 is 2.84 bits per heavy atom.